The molecule has 0 unspecified atom stereocenters. The van der Waals surface area contributed by atoms with Gasteiger partial charge in [0, 0.05) is 28.1 Å². The first-order valence-corrected chi connectivity index (χ1v) is 11.8. The molecule has 3 aromatic heterocycles. The number of rotatable bonds is 3. The average Bonchev–Trinajstić information content (AvgIpc) is 3.24. The van der Waals surface area contributed by atoms with Crippen LogP contribution in [0.25, 0.3) is 49.4 Å². The molecule has 36 heavy (non-hydrogen) atoms. The van der Waals surface area contributed by atoms with E-state index in [0.29, 0.717) is 16.8 Å². The van der Waals surface area contributed by atoms with Crippen molar-refractivity contribution < 1.29 is 10.2 Å². The van der Waals surface area contributed by atoms with Gasteiger partial charge >= 0.3 is 0 Å². The topological polar surface area (TPSA) is 74.8 Å². The lowest BCUT2D eigenvalue weighted by Gasteiger charge is -2.14. The van der Waals surface area contributed by atoms with Crippen LogP contribution in [0.3, 0.4) is 0 Å². The van der Waals surface area contributed by atoms with Crippen molar-refractivity contribution in [2.75, 3.05) is 0 Å². The summed E-state index contributed by atoms with van der Waals surface area (Å²) in [6, 6.07) is 30.7. The molecule has 7 rings (SSSR count). The van der Waals surface area contributed by atoms with Crippen molar-refractivity contribution in [1.82, 2.24) is 9.38 Å². The summed E-state index contributed by atoms with van der Waals surface area (Å²) in [6.45, 7) is 0. The van der Waals surface area contributed by atoms with Crippen LogP contribution >= 0.6 is 0 Å². The van der Waals surface area contributed by atoms with Crippen LogP contribution in [-0.4, -0.2) is 19.6 Å². The number of benzene rings is 4. The van der Waals surface area contributed by atoms with Gasteiger partial charge in [0.25, 0.3) is 5.56 Å². The van der Waals surface area contributed by atoms with Gasteiger partial charge in [0.05, 0.1) is 33.2 Å². The normalized spacial score (nSPS) is 11.8. The number of pyridine rings is 2. The van der Waals surface area contributed by atoms with Crippen molar-refractivity contribution in [3.8, 4) is 22.8 Å². The summed E-state index contributed by atoms with van der Waals surface area (Å²) in [5.41, 5.74) is 4.01. The van der Waals surface area contributed by atoms with Gasteiger partial charge in [-0.3, -0.25) is 9.20 Å². The van der Waals surface area contributed by atoms with Crippen molar-refractivity contribution in [1.29, 1.82) is 0 Å². The molecule has 0 fully saturated rings. The van der Waals surface area contributed by atoms with E-state index in [2.05, 4.69) is 0 Å². The Labute approximate surface area is 205 Å². The van der Waals surface area contributed by atoms with Gasteiger partial charge in [-0.05, 0) is 29.8 Å². The largest absolute Gasteiger partial charge is 0.507 e. The number of fused-ring (bicyclic) bond motifs is 4. The lowest BCUT2D eigenvalue weighted by atomic mass is 9.97. The molecule has 0 atom stereocenters. The zero-order chi connectivity index (χ0) is 24.4. The molecule has 5 nitrogen and oxygen atoms in total. The number of hydrogen-bond donors (Lipinski definition) is 2. The highest BCUT2D eigenvalue weighted by Gasteiger charge is 2.25. The van der Waals surface area contributed by atoms with Crippen LogP contribution in [0.5, 0.6) is 11.5 Å². The maximum Gasteiger partial charge on any atom is 0.262 e. The minimum absolute atomic E-state index is 0.0927. The highest BCUT2D eigenvalue weighted by atomic mass is 16.3. The summed E-state index contributed by atoms with van der Waals surface area (Å²) < 4.78 is 1.62. The van der Waals surface area contributed by atoms with Gasteiger partial charge in [0.2, 0.25) is 0 Å². The number of aromatic nitrogens is 2. The molecular weight excluding hydrogens is 448 g/mol. The van der Waals surface area contributed by atoms with E-state index in [-0.39, 0.29) is 34.4 Å². The number of aromatic hydroxyl groups is 2. The third-order valence-electron chi connectivity index (χ3n) is 7.01. The van der Waals surface area contributed by atoms with E-state index in [1.807, 2.05) is 97.1 Å². The Morgan fingerprint density at radius 1 is 0.750 bits per heavy atom. The smallest absolute Gasteiger partial charge is 0.262 e. The molecule has 3 heterocycles. The number of hydrogen-bond acceptors (Lipinski definition) is 4. The fourth-order valence-corrected chi connectivity index (χ4v) is 5.31. The Balaban J connectivity index is 1.62. The van der Waals surface area contributed by atoms with E-state index >= 15 is 0 Å². The molecule has 2 N–H and O–H groups in total. The van der Waals surface area contributed by atoms with E-state index in [1.165, 1.54) is 0 Å². The van der Waals surface area contributed by atoms with Crippen molar-refractivity contribution in [3.63, 3.8) is 0 Å². The molecule has 0 aliphatic heterocycles. The second-order valence-electron chi connectivity index (χ2n) is 9.08. The van der Waals surface area contributed by atoms with Crippen LogP contribution in [-0.2, 0) is 6.42 Å². The number of para-hydroxylation sites is 2. The van der Waals surface area contributed by atoms with Gasteiger partial charge in [-0.1, -0.05) is 72.8 Å². The quantitative estimate of drug-likeness (QED) is 0.321. The predicted molar refractivity (Wildman–Crippen MR) is 143 cm³/mol. The standard InChI is InChI=1S/C31H20N2O3/c34-29-22(25-15-14-19-10-4-6-12-24(19)32-25)17-21-20-11-5-7-13-26(20)33-28(21)27(29)30(35)23(31(33)36)16-18-8-2-1-3-9-18/h1-15,17,34-35H,16H2. The SMILES string of the molecule is O=c1c(Cc2ccccc2)c(O)c2c(O)c(-c3ccc4ccccc4n3)cc3c4ccccc4n1c23. The Morgan fingerprint density at radius 2 is 1.50 bits per heavy atom. The van der Waals surface area contributed by atoms with Crippen molar-refractivity contribution >= 4 is 38.1 Å². The van der Waals surface area contributed by atoms with E-state index < -0.39 is 0 Å². The molecule has 0 aliphatic carbocycles. The van der Waals surface area contributed by atoms with Crippen LogP contribution in [0.1, 0.15) is 11.1 Å². The first-order chi connectivity index (χ1) is 17.6. The molecule has 0 bridgehead atoms. The van der Waals surface area contributed by atoms with Gasteiger partial charge < -0.3 is 10.2 Å². The zero-order valence-electron chi connectivity index (χ0n) is 19.1. The van der Waals surface area contributed by atoms with E-state index in [0.717, 1.165) is 32.8 Å². The number of phenols is 1. The Morgan fingerprint density at radius 3 is 2.36 bits per heavy atom. The van der Waals surface area contributed by atoms with Gasteiger partial charge in [0.15, 0.2) is 0 Å². The van der Waals surface area contributed by atoms with Crippen LogP contribution in [0.2, 0.25) is 0 Å². The van der Waals surface area contributed by atoms with Crippen LogP contribution in [0.4, 0.5) is 0 Å². The lowest BCUT2D eigenvalue weighted by molar-refractivity contribution is 0.460. The Hall–Kier alpha value is -4.90. The minimum atomic E-state index is -0.286. The molecule has 0 saturated heterocycles. The minimum Gasteiger partial charge on any atom is -0.507 e. The fraction of sp³-hybridized carbons (Fsp3) is 0.0323. The summed E-state index contributed by atoms with van der Waals surface area (Å²) in [6.07, 6.45) is 0.247. The Bertz CT molecular complexity index is 2010. The van der Waals surface area contributed by atoms with E-state index in [1.54, 1.807) is 4.40 Å². The molecular formula is C31H20N2O3. The van der Waals surface area contributed by atoms with E-state index in [4.69, 9.17) is 4.98 Å². The van der Waals surface area contributed by atoms with Crippen LogP contribution in [0.15, 0.2) is 102 Å². The number of phenolic OH excluding ortho intramolecular Hbond substituents is 1. The first-order valence-electron chi connectivity index (χ1n) is 11.8. The predicted octanol–water partition coefficient (Wildman–Crippen LogP) is 6.26. The molecule has 0 radical (unpaired) electrons. The zero-order valence-corrected chi connectivity index (χ0v) is 19.1. The van der Waals surface area contributed by atoms with Crippen molar-refractivity contribution in [3.05, 3.63) is 119 Å². The molecule has 172 valence electrons. The summed E-state index contributed by atoms with van der Waals surface area (Å²) in [5, 5.41) is 26.0. The molecule has 7 aromatic rings. The summed E-state index contributed by atoms with van der Waals surface area (Å²) >= 11 is 0. The van der Waals surface area contributed by atoms with Crippen LogP contribution < -0.4 is 5.56 Å². The van der Waals surface area contributed by atoms with Crippen molar-refractivity contribution in [2.24, 2.45) is 0 Å². The third kappa shape index (κ3) is 2.83. The lowest BCUT2D eigenvalue weighted by Crippen LogP contribution is -2.18. The van der Waals surface area contributed by atoms with Crippen LogP contribution in [0, 0.1) is 0 Å². The molecule has 4 aromatic carbocycles. The molecule has 0 saturated carbocycles. The second-order valence-corrected chi connectivity index (χ2v) is 9.08. The summed E-state index contributed by atoms with van der Waals surface area (Å²) in [4.78, 5) is 18.5. The van der Waals surface area contributed by atoms with Crippen molar-refractivity contribution in [2.45, 2.75) is 6.42 Å². The van der Waals surface area contributed by atoms with Gasteiger partial charge in [-0.2, -0.15) is 0 Å². The molecule has 0 aliphatic rings. The van der Waals surface area contributed by atoms with Gasteiger partial charge in [-0.15, -0.1) is 0 Å². The molecule has 5 heteroatoms. The first kappa shape index (κ1) is 20.5. The summed E-state index contributed by atoms with van der Waals surface area (Å²) in [5.74, 6) is -0.283. The average molecular weight is 469 g/mol. The van der Waals surface area contributed by atoms with E-state index in [9.17, 15) is 15.0 Å². The van der Waals surface area contributed by atoms with Gasteiger partial charge in [0.1, 0.15) is 11.5 Å². The Kier molecular flexibility index (Phi) is 4.29. The third-order valence-corrected chi connectivity index (χ3v) is 7.01. The highest BCUT2D eigenvalue weighted by molar-refractivity contribution is 6.19. The fourth-order valence-electron chi connectivity index (χ4n) is 5.31. The maximum atomic E-state index is 13.8. The number of nitrogens with zero attached hydrogens (tertiary/aromatic N) is 2. The highest BCUT2D eigenvalue weighted by Crippen LogP contribution is 2.46. The maximum absolute atomic E-state index is 13.8. The van der Waals surface area contributed by atoms with Gasteiger partial charge in [-0.25, -0.2) is 4.98 Å². The summed E-state index contributed by atoms with van der Waals surface area (Å²) in [7, 11) is 0. The second kappa shape index (κ2) is 7.55. The monoisotopic (exact) mass is 468 g/mol. The molecule has 0 spiro atoms. The molecule has 0 amide bonds.